The van der Waals surface area contributed by atoms with Crippen LogP contribution in [0.3, 0.4) is 0 Å². The fraction of sp³-hybridized carbons (Fsp3) is 0.833. The SMILES string of the molecule is N#C[C@H]1CCS(=O)(=O)C[C@H]1O. The first-order valence-corrected chi connectivity index (χ1v) is 5.15. The van der Waals surface area contributed by atoms with Crippen LogP contribution in [0.1, 0.15) is 6.42 Å². The van der Waals surface area contributed by atoms with Gasteiger partial charge in [0.1, 0.15) is 0 Å². The second-order valence-corrected chi connectivity index (χ2v) is 4.93. The topological polar surface area (TPSA) is 78.2 Å². The standard InChI is InChI=1S/C6H9NO3S/c7-3-5-1-2-11(9,10)4-6(5)8/h5-6,8H,1-2,4H2/t5-,6-/m1/s1. The molecule has 1 heterocycles. The van der Waals surface area contributed by atoms with Gasteiger partial charge in [-0.2, -0.15) is 5.26 Å². The van der Waals surface area contributed by atoms with Crippen molar-refractivity contribution in [3.05, 3.63) is 0 Å². The van der Waals surface area contributed by atoms with E-state index in [0.29, 0.717) is 0 Å². The van der Waals surface area contributed by atoms with Crippen LogP contribution in [0.25, 0.3) is 0 Å². The molecule has 0 amide bonds. The number of hydrogen-bond donors (Lipinski definition) is 1. The highest BCUT2D eigenvalue weighted by Gasteiger charge is 2.31. The Morgan fingerprint density at radius 3 is 2.64 bits per heavy atom. The normalized spacial score (nSPS) is 36.0. The van der Waals surface area contributed by atoms with E-state index in [1.807, 2.05) is 6.07 Å². The monoisotopic (exact) mass is 175 g/mol. The summed E-state index contributed by atoms with van der Waals surface area (Å²) in [5.41, 5.74) is 0. The van der Waals surface area contributed by atoms with E-state index >= 15 is 0 Å². The minimum Gasteiger partial charge on any atom is -0.391 e. The van der Waals surface area contributed by atoms with E-state index in [0.717, 1.165) is 0 Å². The number of aliphatic hydroxyl groups excluding tert-OH is 1. The highest BCUT2D eigenvalue weighted by atomic mass is 32.2. The third-order valence-corrected chi connectivity index (χ3v) is 3.50. The van der Waals surface area contributed by atoms with Crippen LogP contribution in [-0.2, 0) is 9.84 Å². The summed E-state index contributed by atoms with van der Waals surface area (Å²) in [6, 6.07) is 1.88. The maximum absolute atomic E-state index is 10.9. The summed E-state index contributed by atoms with van der Waals surface area (Å²) in [6.45, 7) is 0. The van der Waals surface area contributed by atoms with Gasteiger partial charge in [-0.05, 0) is 6.42 Å². The average molecular weight is 175 g/mol. The molecule has 0 spiro atoms. The molecular weight excluding hydrogens is 166 g/mol. The molecule has 0 radical (unpaired) electrons. The number of aliphatic hydroxyl groups is 1. The summed E-state index contributed by atoms with van der Waals surface area (Å²) < 4.78 is 21.7. The minimum atomic E-state index is -3.08. The molecule has 1 rings (SSSR count). The molecule has 0 aromatic rings. The summed E-state index contributed by atoms with van der Waals surface area (Å²) in [6.07, 6.45) is -0.723. The predicted octanol–water partition coefficient (Wildman–Crippen LogP) is -0.694. The Labute approximate surface area is 65.4 Å². The molecule has 0 saturated carbocycles. The van der Waals surface area contributed by atoms with Crippen molar-refractivity contribution in [1.82, 2.24) is 0 Å². The Balaban J connectivity index is 2.71. The third kappa shape index (κ3) is 1.91. The first-order valence-electron chi connectivity index (χ1n) is 3.33. The van der Waals surface area contributed by atoms with Gasteiger partial charge in [-0.25, -0.2) is 8.42 Å². The first kappa shape index (κ1) is 8.50. The Hall–Kier alpha value is -0.600. The van der Waals surface area contributed by atoms with Gasteiger partial charge >= 0.3 is 0 Å². The fourth-order valence-corrected chi connectivity index (χ4v) is 2.64. The Bertz CT molecular complexity index is 277. The molecule has 2 atom stereocenters. The Morgan fingerprint density at radius 2 is 2.18 bits per heavy atom. The van der Waals surface area contributed by atoms with E-state index in [1.54, 1.807) is 0 Å². The molecule has 62 valence electrons. The smallest absolute Gasteiger partial charge is 0.152 e. The van der Waals surface area contributed by atoms with Gasteiger partial charge in [0.05, 0.1) is 29.6 Å². The molecule has 0 aliphatic carbocycles. The molecule has 1 aliphatic rings. The van der Waals surface area contributed by atoms with Crippen LogP contribution in [0.4, 0.5) is 0 Å². The Kier molecular flexibility index (Phi) is 2.16. The van der Waals surface area contributed by atoms with E-state index in [-0.39, 0.29) is 17.9 Å². The number of nitriles is 1. The van der Waals surface area contributed by atoms with E-state index in [2.05, 4.69) is 0 Å². The van der Waals surface area contributed by atoms with Crippen molar-refractivity contribution in [1.29, 1.82) is 5.26 Å². The van der Waals surface area contributed by atoms with Crippen molar-refractivity contribution in [2.75, 3.05) is 11.5 Å². The highest BCUT2D eigenvalue weighted by Crippen LogP contribution is 2.18. The van der Waals surface area contributed by atoms with Gasteiger partial charge in [-0.15, -0.1) is 0 Å². The number of hydrogen-bond acceptors (Lipinski definition) is 4. The van der Waals surface area contributed by atoms with Gasteiger partial charge in [0.2, 0.25) is 0 Å². The minimum absolute atomic E-state index is 0.0300. The first-order chi connectivity index (χ1) is 5.05. The van der Waals surface area contributed by atoms with E-state index in [1.165, 1.54) is 0 Å². The van der Waals surface area contributed by atoms with E-state index < -0.39 is 21.9 Å². The molecule has 5 heteroatoms. The van der Waals surface area contributed by atoms with Gasteiger partial charge in [0.25, 0.3) is 0 Å². The third-order valence-electron chi connectivity index (χ3n) is 1.79. The van der Waals surface area contributed by atoms with Crippen molar-refractivity contribution < 1.29 is 13.5 Å². The average Bonchev–Trinajstić information content (AvgIpc) is 1.86. The maximum atomic E-state index is 10.9. The van der Waals surface area contributed by atoms with Gasteiger partial charge < -0.3 is 5.11 Å². The van der Waals surface area contributed by atoms with Crippen LogP contribution in [0.5, 0.6) is 0 Å². The lowest BCUT2D eigenvalue weighted by molar-refractivity contribution is 0.148. The molecule has 11 heavy (non-hydrogen) atoms. The lowest BCUT2D eigenvalue weighted by Crippen LogP contribution is -2.36. The van der Waals surface area contributed by atoms with Crippen LogP contribution in [0.2, 0.25) is 0 Å². The van der Waals surface area contributed by atoms with E-state index in [9.17, 15) is 8.42 Å². The van der Waals surface area contributed by atoms with Gasteiger partial charge in [-0.1, -0.05) is 0 Å². The summed E-state index contributed by atoms with van der Waals surface area (Å²) >= 11 is 0. The molecule has 1 aliphatic heterocycles. The molecule has 4 nitrogen and oxygen atoms in total. The number of nitrogens with zero attached hydrogens (tertiary/aromatic N) is 1. The second kappa shape index (κ2) is 2.80. The van der Waals surface area contributed by atoms with Gasteiger partial charge in [0.15, 0.2) is 9.84 Å². The zero-order valence-corrected chi connectivity index (χ0v) is 6.71. The molecule has 1 N–H and O–H groups in total. The molecule has 0 aromatic heterocycles. The highest BCUT2D eigenvalue weighted by molar-refractivity contribution is 7.91. The zero-order chi connectivity index (χ0) is 8.48. The molecular formula is C6H9NO3S. The van der Waals surface area contributed by atoms with Crippen molar-refractivity contribution in [3.8, 4) is 6.07 Å². The quantitative estimate of drug-likeness (QED) is 0.528. The summed E-state index contributed by atoms with van der Waals surface area (Å²) in [7, 11) is -3.08. The summed E-state index contributed by atoms with van der Waals surface area (Å²) in [4.78, 5) is 0. The van der Waals surface area contributed by atoms with Crippen LogP contribution >= 0.6 is 0 Å². The Morgan fingerprint density at radius 1 is 1.55 bits per heavy atom. The fourth-order valence-electron chi connectivity index (χ4n) is 1.11. The second-order valence-electron chi connectivity index (χ2n) is 2.71. The lowest BCUT2D eigenvalue weighted by atomic mass is 10.0. The largest absolute Gasteiger partial charge is 0.391 e. The van der Waals surface area contributed by atoms with Crippen molar-refractivity contribution in [2.24, 2.45) is 5.92 Å². The van der Waals surface area contributed by atoms with Crippen molar-refractivity contribution >= 4 is 9.84 Å². The van der Waals surface area contributed by atoms with Crippen molar-refractivity contribution in [2.45, 2.75) is 12.5 Å². The molecule has 0 bridgehead atoms. The zero-order valence-electron chi connectivity index (χ0n) is 5.90. The number of rotatable bonds is 0. The van der Waals surface area contributed by atoms with E-state index in [4.69, 9.17) is 10.4 Å². The molecule has 0 aromatic carbocycles. The van der Waals surface area contributed by atoms with Gasteiger partial charge in [0, 0.05) is 0 Å². The predicted molar refractivity (Wildman–Crippen MR) is 38.4 cm³/mol. The number of sulfone groups is 1. The van der Waals surface area contributed by atoms with Gasteiger partial charge in [-0.3, -0.25) is 0 Å². The summed E-state index contributed by atoms with van der Waals surface area (Å²) in [5.74, 6) is -0.730. The van der Waals surface area contributed by atoms with Crippen LogP contribution < -0.4 is 0 Å². The molecule has 1 fully saturated rings. The molecule has 1 saturated heterocycles. The van der Waals surface area contributed by atoms with Crippen LogP contribution in [-0.4, -0.2) is 31.1 Å². The molecule has 0 unspecified atom stereocenters. The van der Waals surface area contributed by atoms with Crippen molar-refractivity contribution in [3.63, 3.8) is 0 Å². The maximum Gasteiger partial charge on any atom is 0.152 e. The van der Waals surface area contributed by atoms with Crippen LogP contribution in [0, 0.1) is 17.2 Å². The summed E-state index contributed by atoms with van der Waals surface area (Å²) in [5, 5.41) is 17.5. The lowest BCUT2D eigenvalue weighted by Gasteiger charge is -2.21. The van der Waals surface area contributed by atoms with Crippen LogP contribution in [0.15, 0.2) is 0 Å².